The molecule has 3 N–H and O–H groups in total. The third-order valence-corrected chi connectivity index (χ3v) is 9.67. The van der Waals surface area contributed by atoms with Crippen molar-refractivity contribution in [2.45, 2.75) is 25.3 Å². The van der Waals surface area contributed by atoms with Crippen molar-refractivity contribution in [3.05, 3.63) is 53.9 Å². The number of amides is 4. The minimum absolute atomic E-state index is 0.0991. The molecule has 1 aromatic heterocycles. The molecule has 13 nitrogen and oxygen atoms in total. The van der Waals surface area contributed by atoms with E-state index in [-0.39, 0.29) is 18.7 Å². The number of fused-ring (bicyclic) bond motifs is 1. The lowest BCUT2D eigenvalue weighted by Gasteiger charge is -2.38. The van der Waals surface area contributed by atoms with Crippen molar-refractivity contribution in [2.24, 2.45) is 13.0 Å². The average Bonchev–Trinajstić information content (AvgIpc) is 3.76. The number of hydrogen-bond donors (Lipinski definition) is 2. The fourth-order valence-corrected chi connectivity index (χ4v) is 7.22. The molecular weight excluding hydrogens is 588 g/mol. The number of ether oxygens (including phenoxy) is 1. The number of nitrogens with zero attached hydrogens (tertiary/aromatic N) is 6. The van der Waals surface area contributed by atoms with Crippen LogP contribution in [-0.2, 0) is 16.6 Å². The first-order valence-electron chi connectivity index (χ1n) is 15.7. The molecule has 3 saturated heterocycles. The summed E-state index contributed by atoms with van der Waals surface area (Å²) in [5.41, 5.74) is 11.6. The van der Waals surface area contributed by atoms with Gasteiger partial charge in [0.05, 0.1) is 30.1 Å². The molecule has 0 radical (unpaired) electrons. The summed E-state index contributed by atoms with van der Waals surface area (Å²) in [5, 5.41) is 6.60. The van der Waals surface area contributed by atoms with Gasteiger partial charge in [-0.05, 0) is 43.0 Å². The highest BCUT2D eigenvalue weighted by Crippen LogP contribution is 2.39. The second-order valence-corrected chi connectivity index (χ2v) is 12.6. The monoisotopic (exact) mass is 626 g/mol. The predicted molar refractivity (Wildman–Crippen MR) is 172 cm³/mol. The summed E-state index contributed by atoms with van der Waals surface area (Å²) in [5.74, 6) is -0.809. The van der Waals surface area contributed by atoms with Crippen LogP contribution >= 0.6 is 0 Å². The van der Waals surface area contributed by atoms with Crippen LogP contribution in [0.5, 0.6) is 5.75 Å². The highest BCUT2D eigenvalue weighted by molar-refractivity contribution is 6.23. The van der Waals surface area contributed by atoms with Crippen LogP contribution in [-0.4, -0.2) is 102 Å². The van der Waals surface area contributed by atoms with Crippen molar-refractivity contribution in [3.8, 4) is 16.9 Å². The van der Waals surface area contributed by atoms with Gasteiger partial charge in [0, 0.05) is 94.0 Å². The van der Waals surface area contributed by atoms with E-state index in [4.69, 9.17) is 10.5 Å². The number of imide groups is 2. The lowest BCUT2D eigenvalue weighted by atomic mass is 10.0. The summed E-state index contributed by atoms with van der Waals surface area (Å²) in [7, 11) is 3.54. The van der Waals surface area contributed by atoms with Crippen molar-refractivity contribution in [3.63, 3.8) is 0 Å². The predicted octanol–water partition coefficient (Wildman–Crippen LogP) is 1.73. The number of carbonyl (C=O) groups excluding carboxylic acids is 4. The first kappa shape index (κ1) is 29.8. The normalized spacial score (nSPS) is 22.1. The third-order valence-electron chi connectivity index (χ3n) is 9.67. The van der Waals surface area contributed by atoms with Gasteiger partial charge in [0.15, 0.2) is 0 Å². The molecule has 4 aliphatic rings. The van der Waals surface area contributed by atoms with E-state index in [1.807, 2.05) is 37.6 Å². The number of nitrogens with two attached hydrogens (primary N) is 1. The van der Waals surface area contributed by atoms with Crippen LogP contribution in [0.3, 0.4) is 0 Å². The summed E-state index contributed by atoms with van der Waals surface area (Å²) >= 11 is 0. The maximum absolute atomic E-state index is 13.3. The molecule has 1 unspecified atom stereocenters. The summed E-state index contributed by atoms with van der Waals surface area (Å²) < 4.78 is 7.34. The average molecular weight is 627 g/mol. The van der Waals surface area contributed by atoms with Gasteiger partial charge in [0.1, 0.15) is 11.8 Å². The maximum Gasteiger partial charge on any atom is 0.262 e. The number of aryl methyl sites for hydroxylation is 1. The van der Waals surface area contributed by atoms with Crippen molar-refractivity contribution in [2.75, 3.05) is 68.5 Å². The van der Waals surface area contributed by atoms with Crippen LogP contribution < -0.4 is 25.6 Å². The fourth-order valence-electron chi connectivity index (χ4n) is 7.22. The Bertz CT molecular complexity index is 1730. The van der Waals surface area contributed by atoms with Gasteiger partial charge in [0.25, 0.3) is 11.8 Å². The van der Waals surface area contributed by atoms with Crippen LogP contribution in [0.4, 0.5) is 17.1 Å². The van der Waals surface area contributed by atoms with Crippen LogP contribution in [0, 0.1) is 5.92 Å². The SMILES string of the molecule is COc1cc(N2CCN(C[C@H]3CCN(c4ccc5c(c4)C(=O)N(C4CCC(=O)NC4=O)C5=O)C3)CC2)c(-c2cnn(C)c2)cc1N. The van der Waals surface area contributed by atoms with Gasteiger partial charge < -0.3 is 20.3 Å². The first-order chi connectivity index (χ1) is 22.2. The number of nitrogens with one attached hydrogen (secondary N) is 1. The zero-order chi connectivity index (χ0) is 32.1. The Morgan fingerprint density at radius 2 is 1.72 bits per heavy atom. The fraction of sp³-hybridized carbons (Fsp3) is 0.424. The van der Waals surface area contributed by atoms with Gasteiger partial charge in [-0.15, -0.1) is 0 Å². The zero-order valence-electron chi connectivity index (χ0n) is 26.1. The minimum Gasteiger partial charge on any atom is -0.495 e. The van der Waals surface area contributed by atoms with Crippen LogP contribution in [0.1, 0.15) is 40.0 Å². The highest BCUT2D eigenvalue weighted by atomic mass is 16.5. The minimum atomic E-state index is -0.964. The van der Waals surface area contributed by atoms with Gasteiger partial charge in [-0.2, -0.15) is 5.10 Å². The van der Waals surface area contributed by atoms with Crippen molar-refractivity contribution < 1.29 is 23.9 Å². The molecule has 0 aliphatic carbocycles. The lowest BCUT2D eigenvalue weighted by Crippen LogP contribution is -2.54. The van der Waals surface area contributed by atoms with Crippen LogP contribution in [0.2, 0.25) is 0 Å². The quantitative estimate of drug-likeness (QED) is 0.294. The van der Waals surface area contributed by atoms with E-state index in [0.717, 1.165) is 79.6 Å². The van der Waals surface area contributed by atoms with Crippen molar-refractivity contribution in [1.29, 1.82) is 0 Å². The molecule has 5 heterocycles. The first-order valence-corrected chi connectivity index (χ1v) is 15.7. The molecular formula is C33H38N8O5. The van der Waals surface area contributed by atoms with Crippen LogP contribution in [0.25, 0.3) is 11.1 Å². The number of piperidine rings is 1. The molecule has 3 fully saturated rings. The molecule has 7 rings (SSSR count). The second-order valence-electron chi connectivity index (χ2n) is 12.6. The molecule has 2 aromatic carbocycles. The Kier molecular flexibility index (Phi) is 7.63. The number of piperazine rings is 1. The standard InChI is InChI=1S/C33H38N8O5/c1-37-19-21(16-35-37)24-14-26(34)29(46-2)15-28(24)39-11-9-38(10-12-39)17-20-7-8-40(18-20)22-3-4-23-25(13-22)33(45)41(32(23)44)27-5-6-30(42)36-31(27)43/h3-4,13-16,19-20,27H,5-12,17-18,34H2,1-2H3,(H,36,42,43)/t20-,27?/m1/s1. The maximum atomic E-state index is 13.3. The molecule has 0 spiro atoms. The molecule has 2 atom stereocenters. The molecule has 4 aliphatic heterocycles. The summed E-state index contributed by atoms with van der Waals surface area (Å²) in [4.78, 5) is 58.6. The van der Waals surface area contributed by atoms with E-state index >= 15 is 0 Å². The van der Waals surface area contributed by atoms with E-state index < -0.39 is 23.8 Å². The third kappa shape index (κ3) is 5.34. The number of nitrogen functional groups attached to an aromatic ring is 1. The molecule has 13 heteroatoms. The number of hydrogen-bond acceptors (Lipinski definition) is 10. The number of carbonyl (C=O) groups is 4. The molecule has 3 aromatic rings. The smallest absolute Gasteiger partial charge is 0.262 e. The van der Waals surface area contributed by atoms with Gasteiger partial charge in [-0.25, -0.2) is 0 Å². The molecule has 4 amide bonds. The van der Waals surface area contributed by atoms with E-state index in [1.165, 1.54) is 0 Å². The highest BCUT2D eigenvalue weighted by Gasteiger charge is 2.45. The lowest BCUT2D eigenvalue weighted by molar-refractivity contribution is -0.136. The number of anilines is 3. The number of rotatable bonds is 7. The number of aromatic nitrogens is 2. The van der Waals surface area contributed by atoms with Crippen LogP contribution in [0.15, 0.2) is 42.7 Å². The molecule has 46 heavy (non-hydrogen) atoms. The van der Waals surface area contributed by atoms with E-state index in [0.29, 0.717) is 28.5 Å². The Balaban J connectivity index is 0.979. The Hall–Kier alpha value is -4.91. The van der Waals surface area contributed by atoms with Gasteiger partial charge >= 0.3 is 0 Å². The van der Waals surface area contributed by atoms with E-state index in [9.17, 15) is 19.2 Å². The topological polar surface area (TPSA) is 146 Å². The van der Waals surface area contributed by atoms with E-state index in [2.05, 4.69) is 25.1 Å². The van der Waals surface area contributed by atoms with E-state index in [1.54, 1.807) is 23.9 Å². The number of benzene rings is 2. The largest absolute Gasteiger partial charge is 0.495 e. The Morgan fingerprint density at radius 1 is 0.935 bits per heavy atom. The molecule has 240 valence electrons. The molecule has 0 bridgehead atoms. The van der Waals surface area contributed by atoms with Crippen molar-refractivity contribution in [1.82, 2.24) is 24.9 Å². The van der Waals surface area contributed by atoms with Gasteiger partial charge in [-0.1, -0.05) is 0 Å². The number of methoxy groups -OCH3 is 1. The summed E-state index contributed by atoms with van der Waals surface area (Å²) in [6.07, 6.45) is 5.13. The van der Waals surface area contributed by atoms with Crippen molar-refractivity contribution >= 4 is 40.7 Å². The van der Waals surface area contributed by atoms with Gasteiger partial charge in [0.2, 0.25) is 11.8 Å². The molecule has 0 saturated carbocycles. The Labute approximate surface area is 266 Å². The van der Waals surface area contributed by atoms with Gasteiger partial charge in [-0.3, -0.25) is 39.0 Å². The summed E-state index contributed by atoms with van der Waals surface area (Å²) in [6.45, 7) is 6.32. The Morgan fingerprint density at radius 3 is 2.43 bits per heavy atom. The summed E-state index contributed by atoms with van der Waals surface area (Å²) in [6, 6.07) is 8.40. The zero-order valence-corrected chi connectivity index (χ0v) is 26.1. The second kappa shape index (κ2) is 11.8.